The predicted molar refractivity (Wildman–Crippen MR) is 161 cm³/mol. The first-order valence-electron chi connectivity index (χ1n) is 14.0. The molecule has 37 heavy (non-hydrogen) atoms. The smallest absolute Gasteiger partial charge is 0.303 e. The van der Waals surface area contributed by atoms with E-state index in [9.17, 15) is 9.59 Å². The fraction of sp³-hybridized carbons (Fsp3) is 0.724. The summed E-state index contributed by atoms with van der Waals surface area (Å²) in [6.07, 6.45) is 8.02. The predicted octanol–water partition coefficient (Wildman–Crippen LogP) is 6.82. The molecule has 6 nitrogen and oxygen atoms in total. The molecule has 0 saturated heterocycles. The molecule has 1 rings (SSSR count). The molecule has 1 aromatic carbocycles. The summed E-state index contributed by atoms with van der Waals surface area (Å²) in [7, 11) is 0. The van der Waals surface area contributed by atoms with Crippen molar-refractivity contribution in [2.24, 2.45) is 0 Å². The molecule has 0 radical (unpaired) electrons. The van der Waals surface area contributed by atoms with Gasteiger partial charge in [-0.2, -0.15) is 11.8 Å². The van der Waals surface area contributed by atoms with Gasteiger partial charge in [0.1, 0.15) is 0 Å². The zero-order valence-corrected chi connectivity index (χ0v) is 25.8. The number of nitrogens with one attached hydrogen (secondary N) is 1. The van der Waals surface area contributed by atoms with Crippen LogP contribution in [0.2, 0.25) is 0 Å². The molecule has 0 aromatic heterocycles. The molecule has 0 heterocycles. The summed E-state index contributed by atoms with van der Waals surface area (Å²) < 4.78 is 6.47. The second kappa shape index (κ2) is 20.8. The molecule has 1 aromatic rings. The molecule has 0 fully saturated rings. The zero-order chi connectivity index (χ0) is 27.4. The van der Waals surface area contributed by atoms with Gasteiger partial charge in [-0.3, -0.25) is 9.59 Å². The molecule has 0 spiro atoms. The molecule has 212 valence electrons. The quantitative estimate of drug-likeness (QED) is 0.0817. The molecule has 0 bridgehead atoms. The minimum absolute atomic E-state index is 0.0668. The second-order valence-corrected chi connectivity index (χ2v) is 12.0. The van der Waals surface area contributed by atoms with Gasteiger partial charge in [-0.05, 0) is 81.4 Å². The molecule has 0 saturated carbocycles. The number of rotatable bonds is 23. The van der Waals surface area contributed by atoms with Crippen LogP contribution in [-0.4, -0.2) is 77.7 Å². The van der Waals surface area contributed by atoms with E-state index in [4.69, 9.17) is 9.84 Å². The van der Waals surface area contributed by atoms with Crippen LogP contribution >= 0.6 is 27.7 Å². The van der Waals surface area contributed by atoms with Gasteiger partial charge >= 0.3 is 5.97 Å². The number of carboxylic acids is 1. The maximum atomic E-state index is 13.4. The number of carbonyl (C=O) groups is 2. The van der Waals surface area contributed by atoms with E-state index in [0.29, 0.717) is 13.0 Å². The summed E-state index contributed by atoms with van der Waals surface area (Å²) in [4.78, 5) is 24.4. The van der Waals surface area contributed by atoms with Crippen LogP contribution in [0.4, 0.5) is 5.69 Å². The van der Waals surface area contributed by atoms with Crippen molar-refractivity contribution in [3.05, 3.63) is 29.3 Å². The topological polar surface area (TPSA) is 75.6 Å². The van der Waals surface area contributed by atoms with Crippen LogP contribution in [0.3, 0.4) is 0 Å². The van der Waals surface area contributed by atoms with Crippen molar-refractivity contribution in [2.75, 3.05) is 61.5 Å². The fourth-order valence-corrected chi connectivity index (χ4v) is 6.16. The number of ether oxygens (including phenoxy) is 1. The highest BCUT2D eigenvalue weighted by atomic mass is 79.9. The number of anilines is 1. The molecule has 8 heteroatoms. The van der Waals surface area contributed by atoms with Crippen LogP contribution in [0.25, 0.3) is 0 Å². The molecule has 1 unspecified atom stereocenters. The third-order valence-corrected chi connectivity index (χ3v) is 8.33. The minimum atomic E-state index is -0.735. The molecule has 1 atom stereocenters. The van der Waals surface area contributed by atoms with Crippen molar-refractivity contribution < 1.29 is 23.9 Å². The first kappa shape index (κ1) is 33.9. The number of hydrogen-bond acceptors (Lipinski definition) is 4. The highest BCUT2D eigenvalue weighted by Gasteiger charge is 2.30. The fourth-order valence-electron chi connectivity index (χ4n) is 4.63. The van der Waals surface area contributed by atoms with Crippen LogP contribution in [0, 0.1) is 13.8 Å². The van der Waals surface area contributed by atoms with E-state index >= 15 is 0 Å². The highest BCUT2D eigenvalue weighted by molar-refractivity contribution is 9.09. The van der Waals surface area contributed by atoms with Crippen LogP contribution in [-0.2, 0) is 14.3 Å². The number of thioether (sulfide) groups is 1. The summed E-state index contributed by atoms with van der Waals surface area (Å²) in [5.41, 5.74) is 3.08. The number of amides is 1. The Morgan fingerprint density at radius 1 is 0.946 bits per heavy atom. The highest BCUT2D eigenvalue weighted by Crippen LogP contribution is 2.21. The number of carbonyl (C=O) groups excluding carboxylic acids is 1. The van der Waals surface area contributed by atoms with E-state index in [1.54, 1.807) is 0 Å². The Morgan fingerprint density at radius 3 is 2.24 bits per heavy atom. The van der Waals surface area contributed by atoms with Crippen molar-refractivity contribution in [1.29, 1.82) is 0 Å². The Hall–Kier alpha value is -1.09. The van der Waals surface area contributed by atoms with Crippen molar-refractivity contribution in [1.82, 2.24) is 0 Å². The first-order valence-corrected chi connectivity index (χ1v) is 16.3. The molecular weight excluding hydrogens is 552 g/mol. The van der Waals surface area contributed by atoms with Crippen molar-refractivity contribution in [3.63, 3.8) is 0 Å². The lowest BCUT2D eigenvalue weighted by molar-refractivity contribution is -0.921. The van der Waals surface area contributed by atoms with Crippen LogP contribution in [0.15, 0.2) is 18.2 Å². The molecule has 1 amide bonds. The van der Waals surface area contributed by atoms with Crippen molar-refractivity contribution >= 4 is 45.3 Å². The normalized spacial score (nSPS) is 12.9. The van der Waals surface area contributed by atoms with E-state index in [0.717, 1.165) is 110 Å². The SMILES string of the molecule is CCCOCCCC[N+](CCCCCC(=O)O)(CCCSCCCBr)CC(=O)Nc1c(C)cccc1C. The van der Waals surface area contributed by atoms with Crippen LogP contribution < -0.4 is 5.32 Å². The van der Waals surface area contributed by atoms with Gasteiger partial charge in [0.05, 0.1) is 19.6 Å². The number of hydrogen-bond donors (Lipinski definition) is 2. The van der Waals surface area contributed by atoms with Gasteiger partial charge in [0.15, 0.2) is 6.54 Å². The summed E-state index contributed by atoms with van der Waals surface area (Å²) in [5.74, 6) is 1.59. The maximum Gasteiger partial charge on any atom is 0.303 e. The number of aryl methyl sites for hydroxylation is 2. The first-order chi connectivity index (χ1) is 17.8. The van der Waals surface area contributed by atoms with E-state index in [1.165, 1.54) is 6.42 Å². The van der Waals surface area contributed by atoms with Crippen molar-refractivity contribution in [2.45, 2.75) is 78.6 Å². The number of halogens is 1. The summed E-state index contributed by atoms with van der Waals surface area (Å²) in [6, 6.07) is 6.09. The van der Waals surface area contributed by atoms with E-state index in [-0.39, 0.29) is 12.3 Å². The van der Waals surface area contributed by atoms with Crippen LogP contribution in [0.5, 0.6) is 0 Å². The maximum absolute atomic E-state index is 13.4. The van der Waals surface area contributed by atoms with Crippen molar-refractivity contribution in [3.8, 4) is 0 Å². The van der Waals surface area contributed by atoms with Gasteiger partial charge < -0.3 is 19.6 Å². The zero-order valence-electron chi connectivity index (χ0n) is 23.4. The monoisotopic (exact) mass is 601 g/mol. The number of carboxylic acid groups (broad SMARTS) is 1. The Labute approximate surface area is 238 Å². The standard InChI is InChI=1S/C29H49BrN2O4S/c1-4-20-36-21-9-8-18-32(17-7-5-6-15-28(34)35,19-12-23-37-22-11-16-30)24-27(33)31-29-25(2)13-10-14-26(29)3/h10,13-14H,4-9,11-12,15-24H2,1-3H3,(H-,31,33,34,35)/p+1. The van der Waals surface area contributed by atoms with Gasteiger partial charge in [-0.25, -0.2) is 0 Å². The van der Waals surface area contributed by atoms with E-state index < -0.39 is 5.97 Å². The minimum Gasteiger partial charge on any atom is -0.481 e. The number of nitrogens with zero attached hydrogens (tertiary/aromatic N) is 1. The van der Waals surface area contributed by atoms with Gasteiger partial charge in [0.2, 0.25) is 0 Å². The largest absolute Gasteiger partial charge is 0.481 e. The third kappa shape index (κ3) is 15.8. The lowest BCUT2D eigenvalue weighted by Gasteiger charge is -2.39. The number of quaternary nitrogens is 1. The number of alkyl halides is 1. The average molecular weight is 603 g/mol. The Morgan fingerprint density at radius 2 is 1.59 bits per heavy atom. The Bertz CT molecular complexity index is 742. The number of benzene rings is 1. The van der Waals surface area contributed by atoms with Gasteiger partial charge in [0, 0.05) is 37.1 Å². The molecular formula is C29H50BrN2O4S+. The lowest BCUT2D eigenvalue weighted by atomic mass is 10.1. The summed E-state index contributed by atoms with van der Waals surface area (Å²) >= 11 is 5.50. The summed E-state index contributed by atoms with van der Waals surface area (Å²) in [5, 5.41) is 13.3. The Balaban J connectivity index is 2.92. The van der Waals surface area contributed by atoms with Gasteiger partial charge in [0.25, 0.3) is 5.91 Å². The van der Waals surface area contributed by atoms with Gasteiger partial charge in [-0.15, -0.1) is 0 Å². The molecule has 2 N–H and O–H groups in total. The number of aliphatic carboxylic acids is 1. The molecule has 0 aliphatic carbocycles. The molecule has 0 aliphatic rings. The molecule has 0 aliphatic heterocycles. The lowest BCUT2D eigenvalue weighted by Crippen LogP contribution is -2.54. The van der Waals surface area contributed by atoms with Crippen LogP contribution in [0.1, 0.15) is 75.8 Å². The summed E-state index contributed by atoms with van der Waals surface area (Å²) in [6.45, 7) is 11.0. The second-order valence-electron chi connectivity index (χ2n) is 10.0. The third-order valence-electron chi connectivity index (χ3n) is 6.61. The van der Waals surface area contributed by atoms with E-state index in [1.807, 2.05) is 43.8 Å². The van der Waals surface area contributed by atoms with E-state index in [2.05, 4.69) is 28.2 Å². The number of unbranched alkanes of at least 4 members (excludes halogenated alkanes) is 3. The number of para-hydroxylation sites is 1. The average Bonchev–Trinajstić information content (AvgIpc) is 2.85. The Kier molecular flexibility index (Phi) is 19.1. The van der Waals surface area contributed by atoms with Gasteiger partial charge in [-0.1, -0.05) is 41.1 Å².